The molecule has 3 aromatic rings. The largest absolute Gasteiger partial charge is 0.395 e. The van der Waals surface area contributed by atoms with Crippen LogP contribution in [0.2, 0.25) is 0 Å². The molecule has 3 rings (SSSR count). The van der Waals surface area contributed by atoms with Crippen LogP contribution in [0, 0.1) is 0 Å². The topological polar surface area (TPSA) is 135 Å². The number of primary amides is 1. The van der Waals surface area contributed by atoms with Gasteiger partial charge in [0.1, 0.15) is 10.9 Å². The van der Waals surface area contributed by atoms with Crippen molar-refractivity contribution < 1.29 is 14.4 Å². The number of rotatable bonds is 10. The second-order valence-corrected chi connectivity index (χ2v) is 11.1. The smallest absolute Gasteiger partial charge is 0.270 e. The first-order chi connectivity index (χ1) is 16.9. The zero-order chi connectivity index (χ0) is 26.6. The lowest BCUT2D eigenvalue weighted by Gasteiger charge is -2.34. The Morgan fingerprint density at radius 1 is 1.14 bits per heavy atom. The molecule has 1 atom stereocenters. The van der Waals surface area contributed by atoms with Gasteiger partial charge in [0, 0.05) is 30.2 Å². The van der Waals surface area contributed by atoms with Crippen molar-refractivity contribution in [3.05, 3.63) is 62.8 Å². The van der Waals surface area contributed by atoms with Gasteiger partial charge >= 0.3 is 0 Å². The number of carbonyl (C=O) groups is 3. The molecule has 0 fully saturated rings. The lowest BCUT2D eigenvalue weighted by molar-refractivity contribution is -0.127. The fourth-order valence-electron chi connectivity index (χ4n) is 3.53. The van der Waals surface area contributed by atoms with Crippen molar-refractivity contribution in [1.29, 1.82) is 0 Å². The maximum atomic E-state index is 13.9. The van der Waals surface area contributed by atoms with E-state index in [1.807, 2.05) is 81.5 Å². The Kier molecular flexibility index (Phi) is 8.36. The van der Waals surface area contributed by atoms with Gasteiger partial charge in [0.15, 0.2) is 5.69 Å². The van der Waals surface area contributed by atoms with E-state index in [2.05, 4.69) is 9.69 Å². The molecule has 0 bridgehead atoms. The molecule has 0 aliphatic heterocycles. The Balaban J connectivity index is 2.14. The molecule has 36 heavy (non-hydrogen) atoms. The molecular formula is C25H32N6O3S2. The molecule has 0 aliphatic carbocycles. The molecule has 1 aromatic carbocycles. The average molecular weight is 529 g/mol. The number of benzene rings is 1. The van der Waals surface area contributed by atoms with Gasteiger partial charge in [0.2, 0.25) is 5.91 Å². The van der Waals surface area contributed by atoms with Gasteiger partial charge in [0.05, 0.1) is 12.2 Å². The number of anilines is 2. The van der Waals surface area contributed by atoms with Gasteiger partial charge in [-0.05, 0) is 60.9 Å². The standard InChI is InChI=1S/C25H32N6O3S2/c1-6-25(2,3)28-23(33)20(15-9-11-16(12-10-15)30(4)5)31(14-17-8-7-13-35-17)24(34)21-18(26)19(22(27)32)29-36-21/h7-13,20H,6,14,26H2,1-5H3,(H2,27,32)(H,28,33). The van der Waals surface area contributed by atoms with Crippen molar-refractivity contribution in [3.8, 4) is 0 Å². The Hall–Kier alpha value is -3.44. The van der Waals surface area contributed by atoms with E-state index >= 15 is 0 Å². The van der Waals surface area contributed by atoms with Gasteiger partial charge < -0.3 is 26.6 Å². The van der Waals surface area contributed by atoms with Gasteiger partial charge in [-0.3, -0.25) is 14.4 Å². The number of amides is 3. The van der Waals surface area contributed by atoms with Crippen LogP contribution in [-0.4, -0.2) is 46.6 Å². The normalized spacial score (nSPS) is 12.1. The summed E-state index contributed by atoms with van der Waals surface area (Å²) in [6.45, 7) is 6.02. The molecule has 0 aliphatic rings. The highest BCUT2D eigenvalue weighted by molar-refractivity contribution is 7.10. The molecule has 1 unspecified atom stereocenters. The van der Waals surface area contributed by atoms with Gasteiger partial charge in [-0.15, -0.1) is 11.3 Å². The molecule has 9 nitrogen and oxygen atoms in total. The van der Waals surface area contributed by atoms with Crippen molar-refractivity contribution in [2.75, 3.05) is 24.7 Å². The molecule has 0 spiro atoms. The predicted molar refractivity (Wildman–Crippen MR) is 145 cm³/mol. The summed E-state index contributed by atoms with van der Waals surface area (Å²) in [5, 5.41) is 5.00. The van der Waals surface area contributed by atoms with E-state index in [0.717, 1.165) is 22.1 Å². The molecular weight excluding hydrogens is 496 g/mol. The number of nitrogen functional groups attached to an aromatic ring is 1. The van der Waals surface area contributed by atoms with Crippen molar-refractivity contribution in [2.45, 2.75) is 45.3 Å². The quantitative estimate of drug-likeness (QED) is 0.368. The zero-order valence-electron chi connectivity index (χ0n) is 21.1. The average Bonchev–Trinajstić information content (AvgIpc) is 3.47. The van der Waals surface area contributed by atoms with Gasteiger partial charge in [0.25, 0.3) is 11.8 Å². The van der Waals surface area contributed by atoms with Gasteiger partial charge in [-0.1, -0.05) is 25.1 Å². The van der Waals surface area contributed by atoms with E-state index in [4.69, 9.17) is 11.5 Å². The molecule has 0 saturated carbocycles. The van der Waals surface area contributed by atoms with Gasteiger partial charge in [-0.2, -0.15) is 4.37 Å². The zero-order valence-corrected chi connectivity index (χ0v) is 22.7. The fourth-order valence-corrected chi connectivity index (χ4v) is 4.99. The second kappa shape index (κ2) is 11.1. The molecule has 2 aromatic heterocycles. The summed E-state index contributed by atoms with van der Waals surface area (Å²) in [4.78, 5) is 43.9. The molecule has 192 valence electrons. The highest BCUT2D eigenvalue weighted by Gasteiger charge is 2.36. The third-order valence-electron chi connectivity index (χ3n) is 5.95. The lowest BCUT2D eigenvalue weighted by Crippen LogP contribution is -2.50. The van der Waals surface area contributed by atoms with E-state index in [0.29, 0.717) is 12.0 Å². The third-order valence-corrected chi connectivity index (χ3v) is 7.67. The summed E-state index contributed by atoms with van der Waals surface area (Å²) in [5.74, 6) is -1.63. The predicted octanol–water partition coefficient (Wildman–Crippen LogP) is 3.64. The number of thiophene rings is 1. The first-order valence-corrected chi connectivity index (χ1v) is 13.1. The van der Waals surface area contributed by atoms with Crippen LogP contribution >= 0.6 is 22.9 Å². The van der Waals surface area contributed by atoms with E-state index in [-0.39, 0.29) is 28.7 Å². The minimum atomic E-state index is -0.958. The minimum absolute atomic E-state index is 0.0674. The van der Waals surface area contributed by atoms with Crippen LogP contribution < -0.4 is 21.7 Å². The van der Waals surface area contributed by atoms with Crippen molar-refractivity contribution in [2.24, 2.45) is 5.73 Å². The molecule has 11 heteroatoms. The number of nitrogens with one attached hydrogen (secondary N) is 1. The van der Waals surface area contributed by atoms with Crippen LogP contribution in [0.1, 0.15) is 63.8 Å². The summed E-state index contributed by atoms with van der Waals surface area (Å²) in [6.07, 6.45) is 0.702. The summed E-state index contributed by atoms with van der Waals surface area (Å²) in [7, 11) is 3.86. The summed E-state index contributed by atoms with van der Waals surface area (Å²) in [6, 6.07) is 10.3. The minimum Gasteiger partial charge on any atom is -0.395 e. The van der Waals surface area contributed by atoms with E-state index in [9.17, 15) is 14.4 Å². The number of hydrogen-bond acceptors (Lipinski definition) is 8. The highest BCUT2D eigenvalue weighted by atomic mass is 32.1. The summed E-state index contributed by atoms with van der Waals surface area (Å²) >= 11 is 2.28. The van der Waals surface area contributed by atoms with Crippen LogP contribution in [0.3, 0.4) is 0 Å². The molecule has 0 saturated heterocycles. The fraction of sp³-hybridized carbons (Fsp3) is 0.360. The molecule has 0 radical (unpaired) electrons. The SMILES string of the molecule is CCC(C)(C)NC(=O)C(c1ccc(N(C)C)cc1)N(Cc1cccs1)C(=O)c1snc(C(N)=O)c1N. The first-order valence-electron chi connectivity index (χ1n) is 11.4. The maximum Gasteiger partial charge on any atom is 0.270 e. The van der Waals surface area contributed by atoms with E-state index in [1.165, 1.54) is 16.2 Å². The van der Waals surface area contributed by atoms with E-state index in [1.54, 1.807) is 0 Å². The van der Waals surface area contributed by atoms with Crippen LogP contribution in [0.4, 0.5) is 11.4 Å². The maximum absolute atomic E-state index is 13.9. The summed E-state index contributed by atoms with van der Waals surface area (Å²) in [5.41, 5.74) is 12.4. The monoisotopic (exact) mass is 528 g/mol. The van der Waals surface area contributed by atoms with Crippen LogP contribution in [0.25, 0.3) is 0 Å². The van der Waals surface area contributed by atoms with E-state index < -0.39 is 23.4 Å². The molecule has 3 amide bonds. The van der Waals surface area contributed by atoms with Crippen molar-refractivity contribution >= 4 is 52.0 Å². The Morgan fingerprint density at radius 2 is 1.81 bits per heavy atom. The van der Waals surface area contributed by atoms with Crippen LogP contribution in [-0.2, 0) is 11.3 Å². The first kappa shape index (κ1) is 27.2. The molecule has 2 heterocycles. The lowest BCUT2D eigenvalue weighted by atomic mass is 9.98. The van der Waals surface area contributed by atoms with Crippen LogP contribution in [0.15, 0.2) is 41.8 Å². The molecule has 5 N–H and O–H groups in total. The van der Waals surface area contributed by atoms with Crippen molar-refractivity contribution in [3.63, 3.8) is 0 Å². The Bertz CT molecular complexity index is 1220. The summed E-state index contributed by atoms with van der Waals surface area (Å²) < 4.78 is 3.99. The second-order valence-electron chi connectivity index (χ2n) is 9.27. The van der Waals surface area contributed by atoms with Crippen LogP contribution in [0.5, 0.6) is 0 Å². The highest BCUT2D eigenvalue weighted by Crippen LogP contribution is 2.32. The third kappa shape index (κ3) is 6.03. The van der Waals surface area contributed by atoms with Crippen molar-refractivity contribution in [1.82, 2.24) is 14.6 Å². The number of nitrogens with zero attached hydrogens (tertiary/aromatic N) is 3. The number of carbonyl (C=O) groups excluding carboxylic acids is 3. The number of hydrogen-bond donors (Lipinski definition) is 3. The van der Waals surface area contributed by atoms with Gasteiger partial charge in [-0.25, -0.2) is 0 Å². The number of nitrogens with two attached hydrogens (primary N) is 2. The Morgan fingerprint density at radius 3 is 2.31 bits per heavy atom. The Labute approximate surface area is 219 Å². The number of aromatic nitrogens is 1.